The van der Waals surface area contributed by atoms with Crippen LogP contribution in [0.15, 0.2) is 28.7 Å². The Kier molecular flexibility index (Phi) is 4.42. The fourth-order valence-corrected chi connectivity index (χ4v) is 1.22. The van der Waals surface area contributed by atoms with Crippen LogP contribution in [-0.2, 0) is 6.54 Å². The van der Waals surface area contributed by atoms with Crippen LogP contribution in [0.3, 0.4) is 0 Å². The topological polar surface area (TPSA) is 32.3 Å². The van der Waals surface area contributed by atoms with Gasteiger partial charge < -0.3 is 10.4 Å². The van der Waals surface area contributed by atoms with Crippen molar-refractivity contribution in [2.24, 2.45) is 0 Å². The number of aliphatic hydroxyl groups excluding tert-OH is 1. The Balaban J connectivity index is 2.41. The zero-order chi connectivity index (χ0) is 9.68. The lowest BCUT2D eigenvalue weighted by molar-refractivity contribution is 0.251. The number of nitrogens with one attached hydrogen (secondary N) is 1. The first-order valence-corrected chi connectivity index (χ1v) is 5.10. The molecule has 13 heavy (non-hydrogen) atoms. The largest absolute Gasteiger partial charge is 0.395 e. The first kappa shape index (κ1) is 10.7. The van der Waals surface area contributed by atoms with E-state index in [1.807, 2.05) is 19.1 Å². The van der Waals surface area contributed by atoms with Gasteiger partial charge in [0.05, 0.1) is 6.61 Å². The minimum Gasteiger partial charge on any atom is -0.395 e. The third-order valence-electron chi connectivity index (χ3n) is 1.84. The minimum atomic E-state index is 0.156. The Labute approximate surface area is 87.1 Å². The second-order valence-electron chi connectivity index (χ2n) is 3.09. The second kappa shape index (κ2) is 5.37. The molecular weight excluding hydrogens is 230 g/mol. The second-order valence-corrected chi connectivity index (χ2v) is 4.01. The van der Waals surface area contributed by atoms with Crippen LogP contribution in [0.1, 0.15) is 12.5 Å². The van der Waals surface area contributed by atoms with Gasteiger partial charge in [0.15, 0.2) is 0 Å². The maximum absolute atomic E-state index is 8.79. The van der Waals surface area contributed by atoms with Gasteiger partial charge >= 0.3 is 0 Å². The summed E-state index contributed by atoms with van der Waals surface area (Å²) in [7, 11) is 0. The maximum atomic E-state index is 8.79. The molecule has 1 unspecified atom stereocenters. The molecule has 0 aromatic heterocycles. The molecule has 0 aliphatic heterocycles. The summed E-state index contributed by atoms with van der Waals surface area (Å²) in [5, 5.41) is 12.0. The fraction of sp³-hybridized carbons (Fsp3) is 0.400. The van der Waals surface area contributed by atoms with Gasteiger partial charge in [0.25, 0.3) is 0 Å². The highest BCUT2D eigenvalue weighted by Crippen LogP contribution is 2.10. The summed E-state index contributed by atoms with van der Waals surface area (Å²) in [5.74, 6) is 0. The SMILES string of the molecule is CC(CO)NCc1ccc(Br)cc1. The molecule has 2 nitrogen and oxygen atoms in total. The molecule has 0 saturated heterocycles. The lowest BCUT2D eigenvalue weighted by Gasteiger charge is -2.10. The summed E-state index contributed by atoms with van der Waals surface area (Å²) >= 11 is 3.38. The van der Waals surface area contributed by atoms with E-state index in [2.05, 4.69) is 33.4 Å². The van der Waals surface area contributed by atoms with E-state index in [9.17, 15) is 0 Å². The molecule has 0 radical (unpaired) electrons. The number of aliphatic hydroxyl groups is 1. The van der Waals surface area contributed by atoms with Gasteiger partial charge in [0, 0.05) is 17.1 Å². The molecule has 0 spiro atoms. The van der Waals surface area contributed by atoms with Crippen molar-refractivity contribution in [1.82, 2.24) is 5.32 Å². The number of hydrogen-bond donors (Lipinski definition) is 2. The van der Waals surface area contributed by atoms with Crippen molar-refractivity contribution in [2.75, 3.05) is 6.61 Å². The van der Waals surface area contributed by atoms with Crippen molar-refractivity contribution < 1.29 is 5.11 Å². The molecule has 0 saturated carbocycles. The van der Waals surface area contributed by atoms with E-state index in [1.165, 1.54) is 5.56 Å². The van der Waals surface area contributed by atoms with Gasteiger partial charge in [-0.1, -0.05) is 28.1 Å². The van der Waals surface area contributed by atoms with Crippen molar-refractivity contribution in [2.45, 2.75) is 19.5 Å². The van der Waals surface area contributed by atoms with Crippen molar-refractivity contribution in [3.05, 3.63) is 34.3 Å². The van der Waals surface area contributed by atoms with Gasteiger partial charge in [-0.05, 0) is 24.6 Å². The molecule has 1 aromatic carbocycles. The molecule has 0 amide bonds. The predicted octanol–water partition coefficient (Wildman–Crippen LogP) is 1.92. The summed E-state index contributed by atoms with van der Waals surface area (Å²) in [5.41, 5.74) is 1.23. The van der Waals surface area contributed by atoms with Gasteiger partial charge in [-0.2, -0.15) is 0 Å². The molecular formula is C10H14BrNO. The Hall–Kier alpha value is -0.380. The van der Waals surface area contributed by atoms with Crippen LogP contribution in [-0.4, -0.2) is 17.8 Å². The molecule has 0 heterocycles. The van der Waals surface area contributed by atoms with E-state index in [0.717, 1.165) is 11.0 Å². The summed E-state index contributed by atoms with van der Waals surface area (Å²) in [4.78, 5) is 0. The highest BCUT2D eigenvalue weighted by Gasteiger charge is 1.98. The van der Waals surface area contributed by atoms with E-state index >= 15 is 0 Å². The van der Waals surface area contributed by atoms with E-state index in [-0.39, 0.29) is 12.6 Å². The Morgan fingerprint density at radius 1 is 1.38 bits per heavy atom. The molecule has 0 fully saturated rings. The lowest BCUT2D eigenvalue weighted by atomic mass is 10.2. The quantitative estimate of drug-likeness (QED) is 0.848. The molecule has 2 N–H and O–H groups in total. The first-order valence-electron chi connectivity index (χ1n) is 4.31. The predicted molar refractivity (Wildman–Crippen MR) is 57.5 cm³/mol. The molecule has 1 aromatic rings. The third-order valence-corrected chi connectivity index (χ3v) is 2.37. The molecule has 0 aliphatic carbocycles. The number of hydrogen-bond acceptors (Lipinski definition) is 2. The highest BCUT2D eigenvalue weighted by molar-refractivity contribution is 9.10. The van der Waals surface area contributed by atoms with Gasteiger partial charge in [0.2, 0.25) is 0 Å². The molecule has 1 atom stereocenters. The van der Waals surface area contributed by atoms with E-state index in [1.54, 1.807) is 0 Å². The molecule has 0 aliphatic rings. The average Bonchev–Trinajstić information content (AvgIpc) is 2.16. The number of rotatable bonds is 4. The van der Waals surface area contributed by atoms with Crippen LogP contribution in [0.5, 0.6) is 0 Å². The normalized spacial score (nSPS) is 12.8. The fourth-order valence-electron chi connectivity index (χ4n) is 0.959. The molecule has 0 bridgehead atoms. The van der Waals surface area contributed by atoms with Crippen molar-refractivity contribution in [3.63, 3.8) is 0 Å². The van der Waals surface area contributed by atoms with Crippen LogP contribution in [0.2, 0.25) is 0 Å². The van der Waals surface area contributed by atoms with Gasteiger partial charge in [-0.15, -0.1) is 0 Å². The van der Waals surface area contributed by atoms with Crippen molar-refractivity contribution in [1.29, 1.82) is 0 Å². The standard InChI is InChI=1S/C10H14BrNO/c1-8(7-13)12-6-9-2-4-10(11)5-3-9/h2-5,8,12-13H,6-7H2,1H3. The summed E-state index contributed by atoms with van der Waals surface area (Å²) in [6, 6.07) is 8.30. The van der Waals surface area contributed by atoms with Crippen LogP contribution < -0.4 is 5.32 Å². The monoisotopic (exact) mass is 243 g/mol. The zero-order valence-electron chi connectivity index (χ0n) is 7.63. The molecule has 3 heteroatoms. The first-order chi connectivity index (χ1) is 6.22. The highest BCUT2D eigenvalue weighted by atomic mass is 79.9. The van der Waals surface area contributed by atoms with Crippen LogP contribution in [0.25, 0.3) is 0 Å². The third kappa shape index (κ3) is 3.89. The van der Waals surface area contributed by atoms with Crippen LogP contribution >= 0.6 is 15.9 Å². The van der Waals surface area contributed by atoms with Gasteiger partial charge in [-0.25, -0.2) is 0 Å². The van der Waals surface area contributed by atoms with Crippen LogP contribution in [0.4, 0.5) is 0 Å². The Morgan fingerprint density at radius 3 is 2.54 bits per heavy atom. The summed E-state index contributed by atoms with van der Waals surface area (Å²) in [6.07, 6.45) is 0. The van der Waals surface area contributed by atoms with Crippen LogP contribution in [0, 0.1) is 0 Å². The van der Waals surface area contributed by atoms with E-state index in [0.29, 0.717) is 0 Å². The van der Waals surface area contributed by atoms with E-state index in [4.69, 9.17) is 5.11 Å². The van der Waals surface area contributed by atoms with Crippen molar-refractivity contribution in [3.8, 4) is 0 Å². The average molecular weight is 244 g/mol. The van der Waals surface area contributed by atoms with Gasteiger partial charge in [-0.3, -0.25) is 0 Å². The summed E-state index contributed by atoms with van der Waals surface area (Å²) < 4.78 is 1.09. The van der Waals surface area contributed by atoms with E-state index < -0.39 is 0 Å². The molecule has 72 valence electrons. The smallest absolute Gasteiger partial charge is 0.0582 e. The van der Waals surface area contributed by atoms with Crippen molar-refractivity contribution >= 4 is 15.9 Å². The summed E-state index contributed by atoms with van der Waals surface area (Å²) in [6.45, 7) is 2.93. The zero-order valence-corrected chi connectivity index (χ0v) is 9.21. The minimum absolute atomic E-state index is 0.156. The maximum Gasteiger partial charge on any atom is 0.0582 e. The Morgan fingerprint density at radius 2 is 2.00 bits per heavy atom. The Bertz CT molecular complexity index is 248. The van der Waals surface area contributed by atoms with Gasteiger partial charge in [0.1, 0.15) is 0 Å². The number of benzene rings is 1. The molecule has 1 rings (SSSR count). The lowest BCUT2D eigenvalue weighted by Crippen LogP contribution is -2.28. The number of halogens is 1.